The van der Waals surface area contributed by atoms with Gasteiger partial charge in [0.1, 0.15) is 18.5 Å². The van der Waals surface area contributed by atoms with Gasteiger partial charge in [-0.3, -0.25) is 0 Å². The lowest BCUT2D eigenvalue weighted by Crippen LogP contribution is -2.11. The highest BCUT2D eigenvalue weighted by molar-refractivity contribution is 6.32. The summed E-state index contributed by atoms with van der Waals surface area (Å²) < 4.78 is 5.47. The molecule has 0 spiro atoms. The Morgan fingerprint density at radius 2 is 1.78 bits per heavy atom. The van der Waals surface area contributed by atoms with Crippen molar-refractivity contribution < 1.29 is 9.84 Å². The Bertz CT molecular complexity index is 531. The van der Waals surface area contributed by atoms with E-state index in [9.17, 15) is 5.11 Å². The number of anilines is 1. The van der Waals surface area contributed by atoms with Gasteiger partial charge in [0.25, 0.3) is 0 Å². The van der Waals surface area contributed by atoms with Crippen LogP contribution in [-0.2, 0) is 0 Å². The van der Waals surface area contributed by atoms with E-state index < -0.39 is 6.10 Å². The summed E-state index contributed by atoms with van der Waals surface area (Å²) in [6.07, 6.45) is -0.775. The second-order valence-corrected chi connectivity index (χ2v) is 4.29. The Morgan fingerprint density at radius 3 is 2.50 bits per heavy atom. The summed E-state index contributed by atoms with van der Waals surface area (Å²) >= 11 is 5.95. The monoisotopic (exact) mass is 263 g/mol. The fourth-order valence-corrected chi connectivity index (χ4v) is 1.82. The van der Waals surface area contributed by atoms with Gasteiger partial charge in [-0.25, -0.2) is 0 Å². The van der Waals surface area contributed by atoms with Gasteiger partial charge in [-0.05, 0) is 18.2 Å². The normalized spacial score (nSPS) is 12.1. The van der Waals surface area contributed by atoms with Crippen molar-refractivity contribution in [2.45, 2.75) is 6.10 Å². The molecule has 0 saturated carbocycles. The van der Waals surface area contributed by atoms with Gasteiger partial charge in [-0.15, -0.1) is 0 Å². The smallest absolute Gasteiger partial charge is 0.138 e. The number of benzene rings is 2. The summed E-state index contributed by atoms with van der Waals surface area (Å²) in [4.78, 5) is 0. The van der Waals surface area contributed by atoms with E-state index in [1.807, 2.05) is 24.3 Å². The topological polar surface area (TPSA) is 55.5 Å². The number of rotatable bonds is 4. The van der Waals surface area contributed by atoms with Crippen LogP contribution in [0.5, 0.6) is 5.75 Å². The van der Waals surface area contributed by atoms with E-state index in [1.165, 1.54) is 0 Å². The molecule has 1 atom stereocenters. The van der Waals surface area contributed by atoms with Crippen LogP contribution >= 0.6 is 11.6 Å². The quantitative estimate of drug-likeness (QED) is 0.834. The minimum atomic E-state index is -0.775. The van der Waals surface area contributed by atoms with Crippen LogP contribution in [0, 0.1) is 0 Å². The first-order chi connectivity index (χ1) is 8.68. The van der Waals surface area contributed by atoms with E-state index >= 15 is 0 Å². The second-order valence-electron chi connectivity index (χ2n) is 3.89. The van der Waals surface area contributed by atoms with Crippen LogP contribution in [0.1, 0.15) is 11.7 Å². The van der Waals surface area contributed by atoms with Crippen LogP contribution in [0.3, 0.4) is 0 Å². The van der Waals surface area contributed by atoms with Crippen molar-refractivity contribution in [3.63, 3.8) is 0 Å². The molecule has 3 nitrogen and oxygen atoms in total. The van der Waals surface area contributed by atoms with Crippen LogP contribution in [0.2, 0.25) is 5.02 Å². The molecular weight excluding hydrogens is 250 g/mol. The first kappa shape index (κ1) is 12.7. The summed E-state index contributed by atoms with van der Waals surface area (Å²) in [5.74, 6) is 0.549. The van der Waals surface area contributed by atoms with Crippen molar-refractivity contribution in [1.29, 1.82) is 0 Å². The first-order valence-electron chi connectivity index (χ1n) is 5.58. The Balaban J connectivity index is 2.03. The number of hydrogen-bond acceptors (Lipinski definition) is 3. The molecule has 0 fully saturated rings. The highest BCUT2D eigenvalue weighted by Gasteiger charge is 2.12. The number of nitrogen functional groups attached to an aromatic ring is 1. The predicted octanol–water partition coefficient (Wildman–Crippen LogP) is 3.03. The molecule has 0 bridgehead atoms. The van der Waals surface area contributed by atoms with Gasteiger partial charge in [-0.1, -0.05) is 41.9 Å². The SMILES string of the molecule is Nc1ccccc1C(O)COc1ccccc1Cl. The first-order valence-corrected chi connectivity index (χ1v) is 5.96. The van der Waals surface area contributed by atoms with Gasteiger partial charge in [0, 0.05) is 11.3 Å². The van der Waals surface area contributed by atoms with Gasteiger partial charge >= 0.3 is 0 Å². The lowest BCUT2D eigenvalue weighted by atomic mass is 10.1. The van der Waals surface area contributed by atoms with Crippen LogP contribution in [-0.4, -0.2) is 11.7 Å². The maximum Gasteiger partial charge on any atom is 0.138 e. The molecule has 0 aliphatic carbocycles. The van der Waals surface area contributed by atoms with E-state index in [-0.39, 0.29) is 6.61 Å². The molecule has 0 heterocycles. The fourth-order valence-electron chi connectivity index (χ4n) is 1.63. The van der Waals surface area contributed by atoms with Crippen molar-refractivity contribution >= 4 is 17.3 Å². The standard InChI is InChI=1S/C14H14ClNO2/c15-11-6-2-4-8-14(11)18-9-13(17)10-5-1-3-7-12(10)16/h1-8,13,17H,9,16H2. The van der Waals surface area contributed by atoms with Crippen LogP contribution in [0.25, 0.3) is 0 Å². The zero-order valence-corrected chi connectivity index (χ0v) is 10.5. The van der Waals surface area contributed by atoms with Crippen molar-refractivity contribution in [2.24, 2.45) is 0 Å². The highest BCUT2D eigenvalue weighted by atomic mass is 35.5. The molecule has 18 heavy (non-hydrogen) atoms. The van der Waals surface area contributed by atoms with Gasteiger partial charge < -0.3 is 15.6 Å². The number of aliphatic hydroxyl groups is 1. The van der Waals surface area contributed by atoms with E-state index in [0.717, 1.165) is 0 Å². The summed E-state index contributed by atoms with van der Waals surface area (Å²) in [6.45, 7) is 0.109. The number of hydrogen-bond donors (Lipinski definition) is 2. The summed E-state index contributed by atoms with van der Waals surface area (Å²) in [6, 6.07) is 14.3. The molecule has 2 aromatic carbocycles. The van der Waals surface area contributed by atoms with Crippen LogP contribution in [0.15, 0.2) is 48.5 Å². The average molecular weight is 264 g/mol. The maximum atomic E-state index is 10.0. The molecule has 4 heteroatoms. The van der Waals surface area contributed by atoms with Crippen molar-refractivity contribution in [2.75, 3.05) is 12.3 Å². The average Bonchev–Trinajstić information content (AvgIpc) is 2.38. The number of nitrogens with two attached hydrogens (primary N) is 1. The van der Waals surface area contributed by atoms with Gasteiger partial charge in [0.15, 0.2) is 0 Å². The van der Waals surface area contributed by atoms with Gasteiger partial charge in [0.2, 0.25) is 0 Å². The minimum Gasteiger partial charge on any atom is -0.489 e. The zero-order valence-electron chi connectivity index (χ0n) is 9.71. The Morgan fingerprint density at radius 1 is 1.11 bits per heavy atom. The number of para-hydroxylation sites is 2. The second kappa shape index (κ2) is 5.76. The van der Waals surface area contributed by atoms with Crippen LogP contribution < -0.4 is 10.5 Å². The van der Waals surface area contributed by atoms with E-state index in [0.29, 0.717) is 22.0 Å². The lowest BCUT2D eigenvalue weighted by molar-refractivity contribution is 0.109. The third-order valence-corrected chi connectivity index (χ3v) is 2.90. The maximum absolute atomic E-state index is 10.0. The van der Waals surface area contributed by atoms with E-state index in [4.69, 9.17) is 22.1 Å². The van der Waals surface area contributed by atoms with Crippen LogP contribution in [0.4, 0.5) is 5.69 Å². The molecule has 3 N–H and O–H groups in total. The molecular formula is C14H14ClNO2. The van der Waals surface area contributed by atoms with Crippen molar-refractivity contribution in [3.05, 3.63) is 59.1 Å². The minimum absolute atomic E-state index is 0.109. The van der Waals surface area contributed by atoms with Gasteiger partial charge in [-0.2, -0.15) is 0 Å². The summed E-state index contributed by atoms with van der Waals surface area (Å²) in [7, 11) is 0. The van der Waals surface area contributed by atoms with Crippen molar-refractivity contribution in [3.8, 4) is 5.75 Å². The molecule has 2 rings (SSSR count). The van der Waals surface area contributed by atoms with E-state index in [1.54, 1.807) is 24.3 Å². The van der Waals surface area contributed by atoms with E-state index in [2.05, 4.69) is 0 Å². The molecule has 0 aliphatic heterocycles. The number of aliphatic hydroxyl groups excluding tert-OH is 1. The van der Waals surface area contributed by atoms with Gasteiger partial charge in [0.05, 0.1) is 5.02 Å². The third kappa shape index (κ3) is 2.94. The molecule has 94 valence electrons. The van der Waals surface area contributed by atoms with Crippen molar-refractivity contribution in [1.82, 2.24) is 0 Å². The lowest BCUT2D eigenvalue weighted by Gasteiger charge is -2.15. The zero-order chi connectivity index (χ0) is 13.0. The highest BCUT2D eigenvalue weighted by Crippen LogP contribution is 2.26. The number of halogens is 1. The fraction of sp³-hybridized carbons (Fsp3) is 0.143. The molecule has 0 aromatic heterocycles. The molecule has 1 unspecified atom stereocenters. The molecule has 0 radical (unpaired) electrons. The number of ether oxygens (including phenoxy) is 1. The third-order valence-electron chi connectivity index (χ3n) is 2.59. The molecule has 0 saturated heterocycles. The Kier molecular flexibility index (Phi) is 4.07. The largest absolute Gasteiger partial charge is 0.489 e. The molecule has 0 amide bonds. The summed E-state index contributed by atoms with van der Waals surface area (Å²) in [5, 5.41) is 10.5. The molecule has 2 aromatic rings. The predicted molar refractivity (Wildman–Crippen MR) is 72.8 cm³/mol. The Labute approximate surface area is 111 Å². The summed E-state index contributed by atoms with van der Waals surface area (Å²) in [5.41, 5.74) is 6.98. The molecule has 0 aliphatic rings. The Hall–Kier alpha value is -1.71.